The molecule has 0 aliphatic rings. The third kappa shape index (κ3) is 2.74. The van der Waals surface area contributed by atoms with Crippen LogP contribution in [-0.4, -0.2) is 28.0 Å². The molecule has 8 heteroatoms. The van der Waals surface area contributed by atoms with Gasteiger partial charge in [0.15, 0.2) is 0 Å². The minimum Gasteiger partial charge on any atom is -0.464 e. The topological polar surface area (TPSA) is 104 Å². The summed E-state index contributed by atoms with van der Waals surface area (Å²) in [7, 11) is 0. The fourth-order valence-electron chi connectivity index (χ4n) is 2.08. The second-order valence-electron chi connectivity index (χ2n) is 4.90. The summed E-state index contributed by atoms with van der Waals surface area (Å²) in [6.45, 7) is 5.41. The van der Waals surface area contributed by atoms with E-state index in [1.54, 1.807) is 13.8 Å². The number of carbonyl (C=O) groups excluding carboxylic acids is 2. The molecule has 118 valence electrons. The van der Waals surface area contributed by atoms with Crippen LogP contribution in [0.4, 0.5) is 0 Å². The molecule has 1 unspecified atom stereocenters. The number of nitrogens with zero attached hydrogens (tertiary/aromatic N) is 2. The predicted octanol–water partition coefficient (Wildman–Crippen LogP) is 1.38. The predicted molar refractivity (Wildman–Crippen MR) is 83.1 cm³/mol. The number of hydrogen-bond donors (Lipinski definition) is 1. The molecule has 7 nitrogen and oxygen atoms in total. The van der Waals surface area contributed by atoms with Gasteiger partial charge in [-0.25, -0.2) is 9.78 Å². The first-order valence-corrected chi connectivity index (χ1v) is 7.66. The lowest BCUT2D eigenvalue weighted by Crippen LogP contribution is -2.29. The van der Waals surface area contributed by atoms with Crippen molar-refractivity contribution in [2.75, 3.05) is 6.61 Å². The average molecular weight is 323 g/mol. The van der Waals surface area contributed by atoms with Crippen LogP contribution in [0.5, 0.6) is 0 Å². The molecule has 0 fully saturated rings. The average Bonchev–Trinajstić information content (AvgIpc) is 2.82. The van der Waals surface area contributed by atoms with Crippen molar-refractivity contribution in [2.24, 2.45) is 5.73 Å². The molecule has 0 spiro atoms. The molecule has 0 radical (unpaired) electrons. The van der Waals surface area contributed by atoms with E-state index in [4.69, 9.17) is 10.5 Å². The van der Waals surface area contributed by atoms with Crippen molar-refractivity contribution in [3.05, 3.63) is 27.1 Å². The van der Waals surface area contributed by atoms with Gasteiger partial charge < -0.3 is 10.5 Å². The normalized spacial score (nSPS) is 12.3. The van der Waals surface area contributed by atoms with Crippen molar-refractivity contribution >= 4 is 33.4 Å². The second kappa shape index (κ2) is 6.27. The smallest absolute Gasteiger partial charge is 0.328 e. The van der Waals surface area contributed by atoms with Crippen molar-refractivity contribution < 1.29 is 14.3 Å². The van der Waals surface area contributed by atoms with Crippen molar-refractivity contribution in [1.29, 1.82) is 0 Å². The number of rotatable bonds is 5. The van der Waals surface area contributed by atoms with Gasteiger partial charge in [0.25, 0.3) is 11.5 Å². The Bertz CT molecular complexity index is 793. The number of esters is 1. The Morgan fingerprint density at radius 3 is 2.77 bits per heavy atom. The number of carbonyl (C=O) groups is 2. The molecule has 1 atom stereocenters. The Morgan fingerprint density at radius 2 is 2.18 bits per heavy atom. The van der Waals surface area contributed by atoms with E-state index in [2.05, 4.69) is 4.98 Å². The molecule has 2 aromatic heterocycles. The van der Waals surface area contributed by atoms with Crippen LogP contribution in [0.2, 0.25) is 0 Å². The first-order valence-electron chi connectivity index (χ1n) is 6.85. The van der Waals surface area contributed by atoms with Gasteiger partial charge in [0, 0.05) is 0 Å². The molecule has 1 amide bonds. The Labute approximate surface area is 130 Å². The number of fused-ring (bicyclic) bond motifs is 1. The summed E-state index contributed by atoms with van der Waals surface area (Å²) in [6.07, 6.45) is 2.00. The number of thiophene rings is 1. The SMILES string of the molecule is CCCOC(=O)C(C)n1cnc2sc(C(N)=O)c(C)c2c1=O. The molecular formula is C14H17N3O4S. The van der Waals surface area contributed by atoms with E-state index < -0.39 is 17.9 Å². The molecule has 0 saturated carbocycles. The van der Waals surface area contributed by atoms with E-state index in [0.717, 1.165) is 11.3 Å². The fourth-order valence-corrected chi connectivity index (χ4v) is 3.08. The highest BCUT2D eigenvalue weighted by Gasteiger charge is 2.22. The van der Waals surface area contributed by atoms with Crippen molar-refractivity contribution in [3.8, 4) is 0 Å². The van der Waals surface area contributed by atoms with Gasteiger partial charge in [-0.05, 0) is 25.8 Å². The molecular weight excluding hydrogens is 306 g/mol. The number of nitrogens with two attached hydrogens (primary N) is 1. The zero-order valence-corrected chi connectivity index (χ0v) is 13.4. The van der Waals surface area contributed by atoms with Gasteiger partial charge in [-0.2, -0.15) is 0 Å². The van der Waals surface area contributed by atoms with Crippen LogP contribution in [0.1, 0.15) is 41.5 Å². The maximum Gasteiger partial charge on any atom is 0.328 e. The van der Waals surface area contributed by atoms with Crippen LogP contribution in [0, 0.1) is 6.92 Å². The van der Waals surface area contributed by atoms with Gasteiger partial charge in [0.05, 0.1) is 23.2 Å². The molecule has 2 rings (SSSR count). The number of aryl methyl sites for hydroxylation is 1. The minimum absolute atomic E-state index is 0.302. The third-order valence-corrected chi connectivity index (χ3v) is 4.52. The highest BCUT2D eigenvalue weighted by atomic mass is 32.1. The summed E-state index contributed by atoms with van der Waals surface area (Å²) in [5.41, 5.74) is 5.40. The lowest BCUT2D eigenvalue weighted by atomic mass is 10.2. The summed E-state index contributed by atoms with van der Waals surface area (Å²) in [5.74, 6) is -1.09. The molecule has 0 aliphatic heterocycles. The van der Waals surface area contributed by atoms with Crippen LogP contribution in [0.15, 0.2) is 11.1 Å². The lowest BCUT2D eigenvalue weighted by molar-refractivity contribution is -0.147. The molecule has 0 saturated heterocycles. The zero-order valence-electron chi connectivity index (χ0n) is 12.6. The minimum atomic E-state index is -0.785. The maximum absolute atomic E-state index is 12.6. The van der Waals surface area contributed by atoms with Crippen LogP contribution in [-0.2, 0) is 9.53 Å². The monoisotopic (exact) mass is 323 g/mol. The largest absolute Gasteiger partial charge is 0.464 e. The zero-order chi connectivity index (χ0) is 16.4. The Morgan fingerprint density at radius 1 is 1.50 bits per heavy atom. The van der Waals surface area contributed by atoms with Gasteiger partial charge in [0.1, 0.15) is 10.9 Å². The summed E-state index contributed by atoms with van der Waals surface area (Å²) < 4.78 is 6.26. The highest BCUT2D eigenvalue weighted by Crippen LogP contribution is 2.26. The number of aromatic nitrogens is 2. The Kier molecular flexibility index (Phi) is 4.60. The number of primary amides is 1. The van der Waals surface area contributed by atoms with Crippen LogP contribution >= 0.6 is 11.3 Å². The van der Waals surface area contributed by atoms with E-state index in [9.17, 15) is 14.4 Å². The summed E-state index contributed by atoms with van der Waals surface area (Å²) in [4.78, 5) is 40.7. The molecule has 2 heterocycles. The van der Waals surface area contributed by atoms with Crippen molar-refractivity contribution in [3.63, 3.8) is 0 Å². The summed E-state index contributed by atoms with van der Waals surface area (Å²) in [6, 6.07) is -0.785. The number of ether oxygens (including phenoxy) is 1. The maximum atomic E-state index is 12.6. The van der Waals surface area contributed by atoms with Crippen molar-refractivity contribution in [2.45, 2.75) is 33.2 Å². The molecule has 0 aromatic carbocycles. The van der Waals surface area contributed by atoms with Crippen LogP contribution in [0.3, 0.4) is 0 Å². The third-order valence-electron chi connectivity index (χ3n) is 3.31. The van der Waals surface area contributed by atoms with Crippen LogP contribution in [0.25, 0.3) is 10.2 Å². The van der Waals surface area contributed by atoms with Gasteiger partial charge >= 0.3 is 5.97 Å². The van der Waals surface area contributed by atoms with E-state index in [1.807, 2.05) is 6.92 Å². The number of amides is 1. The van der Waals surface area contributed by atoms with Crippen LogP contribution < -0.4 is 11.3 Å². The first-order chi connectivity index (χ1) is 10.4. The van der Waals surface area contributed by atoms with E-state index >= 15 is 0 Å². The summed E-state index contributed by atoms with van der Waals surface area (Å²) >= 11 is 1.07. The highest BCUT2D eigenvalue weighted by molar-refractivity contribution is 7.20. The molecule has 0 bridgehead atoms. The lowest BCUT2D eigenvalue weighted by Gasteiger charge is -2.13. The number of hydrogen-bond acceptors (Lipinski definition) is 6. The molecule has 22 heavy (non-hydrogen) atoms. The Hall–Kier alpha value is -2.22. The van der Waals surface area contributed by atoms with E-state index in [1.165, 1.54) is 10.9 Å². The van der Waals surface area contributed by atoms with Gasteiger partial charge in [-0.15, -0.1) is 11.3 Å². The molecule has 2 N–H and O–H groups in total. The van der Waals surface area contributed by atoms with E-state index in [0.29, 0.717) is 33.7 Å². The molecule has 0 aliphatic carbocycles. The molecule has 2 aromatic rings. The van der Waals surface area contributed by atoms with Gasteiger partial charge in [0.2, 0.25) is 0 Å². The standard InChI is InChI=1S/C14H17N3O4S/c1-4-5-21-14(20)8(3)17-6-16-12-9(13(17)19)7(2)10(22-12)11(15)18/h6,8H,4-5H2,1-3H3,(H2,15,18). The van der Waals surface area contributed by atoms with E-state index in [-0.39, 0.29) is 5.56 Å². The van der Waals surface area contributed by atoms with Gasteiger partial charge in [-0.1, -0.05) is 6.92 Å². The summed E-state index contributed by atoms with van der Waals surface area (Å²) in [5, 5.41) is 0.316. The van der Waals surface area contributed by atoms with Gasteiger partial charge in [-0.3, -0.25) is 14.2 Å². The quantitative estimate of drug-likeness (QED) is 0.837. The fraction of sp³-hybridized carbons (Fsp3) is 0.429. The van der Waals surface area contributed by atoms with Crippen molar-refractivity contribution in [1.82, 2.24) is 9.55 Å². The first kappa shape index (κ1) is 16.2. The second-order valence-corrected chi connectivity index (χ2v) is 5.90. The Balaban J connectivity index is 2.51.